The van der Waals surface area contributed by atoms with Crippen molar-refractivity contribution in [3.63, 3.8) is 0 Å². The Morgan fingerprint density at radius 3 is 2.71 bits per heavy atom. The molecule has 1 aromatic rings. The van der Waals surface area contributed by atoms with Crippen molar-refractivity contribution in [1.82, 2.24) is 5.32 Å². The minimum Gasteiger partial charge on any atom is -0.376 e. The lowest BCUT2D eigenvalue weighted by Crippen LogP contribution is -2.24. The summed E-state index contributed by atoms with van der Waals surface area (Å²) in [5, 5.41) is 3.56. The normalized spacial score (nSPS) is 29.4. The number of hydrogen-bond donors (Lipinski definition) is 1. The van der Waals surface area contributed by atoms with Gasteiger partial charge in [-0.15, -0.1) is 0 Å². The number of nitrogens with one attached hydrogen (secondary N) is 1. The average molecular weight is 233 g/mol. The summed E-state index contributed by atoms with van der Waals surface area (Å²) in [7, 11) is 0. The predicted molar refractivity (Wildman–Crippen MR) is 65.9 cm³/mol. The van der Waals surface area contributed by atoms with E-state index in [4.69, 9.17) is 9.47 Å². The lowest BCUT2D eigenvalue weighted by atomic mass is 9.95. The molecule has 1 aromatic carbocycles. The molecule has 3 heteroatoms. The molecular weight excluding hydrogens is 214 g/mol. The van der Waals surface area contributed by atoms with Gasteiger partial charge in [-0.3, -0.25) is 0 Å². The van der Waals surface area contributed by atoms with Crippen molar-refractivity contribution in [3.05, 3.63) is 35.4 Å². The molecule has 2 fully saturated rings. The van der Waals surface area contributed by atoms with Crippen molar-refractivity contribution in [2.75, 3.05) is 26.4 Å². The van der Waals surface area contributed by atoms with E-state index < -0.39 is 0 Å². The van der Waals surface area contributed by atoms with E-state index in [-0.39, 0.29) is 6.10 Å². The fourth-order valence-electron chi connectivity index (χ4n) is 2.74. The van der Waals surface area contributed by atoms with Gasteiger partial charge in [0.05, 0.1) is 19.8 Å². The van der Waals surface area contributed by atoms with E-state index in [1.807, 2.05) is 0 Å². The Kier molecular flexibility index (Phi) is 3.41. The van der Waals surface area contributed by atoms with Crippen molar-refractivity contribution in [2.24, 2.45) is 0 Å². The SMILES string of the molecule is c1ccc(C2COCCO2)c(C2CCCN2)c1. The molecular formula is C14H19NO2. The molecule has 2 aliphatic heterocycles. The zero-order valence-corrected chi connectivity index (χ0v) is 10.0. The smallest absolute Gasteiger partial charge is 0.106 e. The van der Waals surface area contributed by atoms with Crippen LogP contribution >= 0.6 is 0 Å². The monoisotopic (exact) mass is 233 g/mol. The third-order valence-electron chi connectivity index (χ3n) is 3.59. The summed E-state index contributed by atoms with van der Waals surface area (Å²) in [4.78, 5) is 0. The first-order chi connectivity index (χ1) is 8.45. The second kappa shape index (κ2) is 5.17. The Balaban J connectivity index is 1.86. The van der Waals surface area contributed by atoms with E-state index in [0.717, 1.165) is 13.2 Å². The summed E-state index contributed by atoms with van der Waals surface area (Å²) >= 11 is 0. The Labute approximate surface area is 102 Å². The predicted octanol–water partition coefficient (Wildman–Crippen LogP) is 2.20. The Morgan fingerprint density at radius 1 is 1.12 bits per heavy atom. The van der Waals surface area contributed by atoms with Crippen LogP contribution in [0.4, 0.5) is 0 Å². The van der Waals surface area contributed by atoms with Gasteiger partial charge in [-0.25, -0.2) is 0 Å². The number of benzene rings is 1. The maximum absolute atomic E-state index is 5.81. The van der Waals surface area contributed by atoms with Crippen LogP contribution in [0.25, 0.3) is 0 Å². The van der Waals surface area contributed by atoms with Gasteiger partial charge in [-0.2, -0.15) is 0 Å². The lowest BCUT2D eigenvalue weighted by Gasteiger charge is -2.26. The molecule has 3 nitrogen and oxygen atoms in total. The third-order valence-corrected chi connectivity index (χ3v) is 3.59. The molecule has 0 aliphatic carbocycles. The van der Waals surface area contributed by atoms with Crippen LogP contribution in [0.2, 0.25) is 0 Å². The van der Waals surface area contributed by atoms with Gasteiger partial charge in [0.25, 0.3) is 0 Å². The average Bonchev–Trinajstić information content (AvgIpc) is 2.94. The van der Waals surface area contributed by atoms with Gasteiger partial charge >= 0.3 is 0 Å². The fourth-order valence-corrected chi connectivity index (χ4v) is 2.74. The molecule has 0 saturated carbocycles. The maximum Gasteiger partial charge on any atom is 0.106 e. The minimum absolute atomic E-state index is 0.113. The molecule has 2 unspecified atom stereocenters. The summed E-state index contributed by atoms with van der Waals surface area (Å²) in [6.07, 6.45) is 2.60. The molecule has 0 bridgehead atoms. The molecule has 2 atom stereocenters. The molecule has 17 heavy (non-hydrogen) atoms. The molecule has 2 aliphatic rings. The van der Waals surface area contributed by atoms with Gasteiger partial charge in [-0.05, 0) is 30.5 Å². The zero-order valence-electron chi connectivity index (χ0n) is 10.0. The highest BCUT2D eigenvalue weighted by Crippen LogP contribution is 2.31. The molecule has 0 amide bonds. The summed E-state index contributed by atoms with van der Waals surface area (Å²) in [5.74, 6) is 0. The molecule has 3 rings (SSSR count). The van der Waals surface area contributed by atoms with Crippen LogP contribution in [0.5, 0.6) is 0 Å². The summed E-state index contributed by atoms with van der Waals surface area (Å²) in [5.41, 5.74) is 2.69. The second-order valence-corrected chi connectivity index (χ2v) is 4.71. The van der Waals surface area contributed by atoms with Crippen LogP contribution in [0.15, 0.2) is 24.3 Å². The van der Waals surface area contributed by atoms with E-state index in [9.17, 15) is 0 Å². The van der Waals surface area contributed by atoms with Gasteiger partial charge in [0.2, 0.25) is 0 Å². The summed E-state index contributed by atoms with van der Waals surface area (Å²) in [6.45, 7) is 3.24. The van der Waals surface area contributed by atoms with Crippen LogP contribution in [0.3, 0.4) is 0 Å². The lowest BCUT2D eigenvalue weighted by molar-refractivity contribution is -0.0905. The third kappa shape index (κ3) is 2.37. The highest BCUT2D eigenvalue weighted by atomic mass is 16.6. The van der Waals surface area contributed by atoms with Crippen LogP contribution in [0.1, 0.15) is 36.1 Å². The number of rotatable bonds is 2. The maximum atomic E-state index is 5.81. The van der Waals surface area contributed by atoms with Crippen LogP contribution in [-0.4, -0.2) is 26.4 Å². The Morgan fingerprint density at radius 2 is 2.00 bits per heavy atom. The van der Waals surface area contributed by atoms with Crippen molar-refractivity contribution in [3.8, 4) is 0 Å². The topological polar surface area (TPSA) is 30.5 Å². The largest absolute Gasteiger partial charge is 0.376 e. The van der Waals surface area contributed by atoms with E-state index in [2.05, 4.69) is 29.6 Å². The van der Waals surface area contributed by atoms with E-state index >= 15 is 0 Å². The van der Waals surface area contributed by atoms with Gasteiger partial charge < -0.3 is 14.8 Å². The van der Waals surface area contributed by atoms with Crippen LogP contribution < -0.4 is 5.32 Å². The van der Waals surface area contributed by atoms with Gasteiger partial charge in [-0.1, -0.05) is 24.3 Å². The van der Waals surface area contributed by atoms with E-state index in [1.54, 1.807) is 0 Å². The highest BCUT2D eigenvalue weighted by molar-refractivity contribution is 5.32. The first-order valence-electron chi connectivity index (χ1n) is 6.47. The van der Waals surface area contributed by atoms with Crippen LogP contribution in [-0.2, 0) is 9.47 Å². The number of ether oxygens (including phenoxy) is 2. The molecule has 0 aromatic heterocycles. The molecule has 2 saturated heterocycles. The first kappa shape index (κ1) is 11.2. The minimum atomic E-state index is 0.113. The summed E-state index contributed by atoms with van der Waals surface area (Å²) in [6, 6.07) is 9.09. The molecule has 2 heterocycles. The molecule has 1 N–H and O–H groups in total. The standard InChI is InChI=1S/C14H19NO2/c1-2-5-12(14-10-16-8-9-17-14)11(4-1)13-6-3-7-15-13/h1-2,4-5,13-15H,3,6-10H2. The van der Waals surface area contributed by atoms with E-state index in [0.29, 0.717) is 19.3 Å². The van der Waals surface area contributed by atoms with Gasteiger partial charge in [0.15, 0.2) is 0 Å². The fraction of sp³-hybridized carbons (Fsp3) is 0.571. The quantitative estimate of drug-likeness (QED) is 0.849. The number of hydrogen-bond acceptors (Lipinski definition) is 3. The van der Waals surface area contributed by atoms with E-state index in [1.165, 1.54) is 24.0 Å². The van der Waals surface area contributed by atoms with Crippen molar-refractivity contribution in [2.45, 2.75) is 25.0 Å². The van der Waals surface area contributed by atoms with Crippen molar-refractivity contribution < 1.29 is 9.47 Å². The first-order valence-corrected chi connectivity index (χ1v) is 6.47. The van der Waals surface area contributed by atoms with Crippen molar-refractivity contribution in [1.29, 1.82) is 0 Å². The Hall–Kier alpha value is -0.900. The zero-order chi connectivity index (χ0) is 11.5. The van der Waals surface area contributed by atoms with Crippen LogP contribution in [0, 0.1) is 0 Å². The van der Waals surface area contributed by atoms with Crippen molar-refractivity contribution >= 4 is 0 Å². The Bertz CT molecular complexity index is 368. The molecule has 0 spiro atoms. The molecule has 0 radical (unpaired) electrons. The molecule has 92 valence electrons. The highest BCUT2D eigenvalue weighted by Gasteiger charge is 2.24. The second-order valence-electron chi connectivity index (χ2n) is 4.71. The summed E-state index contributed by atoms with van der Waals surface area (Å²) < 4.78 is 11.3. The van der Waals surface area contributed by atoms with Gasteiger partial charge in [0.1, 0.15) is 6.10 Å². The van der Waals surface area contributed by atoms with Gasteiger partial charge in [0, 0.05) is 6.04 Å².